The van der Waals surface area contributed by atoms with Gasteiger partial charge in [0.15, 0.2) is 5.65 Å². The van der Waals surface area contributed by atoms with Gasteiger partial charge in [-0.25, -0.2) is 9.97 Å². The summed E-state index contributed by atoms with van der Waals surface area (Å²) < 4.78 is 0. The van der Waals surface area contributed by atoms with Gasteiger partial charge in [0.25, 0.3) is 0 Å². The van der Waals surface area contributed by atoms with E-state index >= 15 is 0 Å². The van der Waals surface area contributed by atoms with Crippen molar-refractivity contribution in [1.29, 1.82) is 0 Å². The second-order valence-corrected chi connectivity index (χ2v) is 4.84. The molecule has 6 heteroatoms. The number of nitrogens with zero attached hydrogens (tertiary/aromatic N) is 4. The average Bonchev–Trinajstić information content (AvgIpc) is 2.75. The first-order chi connectivity index (χ1) is 8.24. The van der Waals surface area contributed by atoms with Crippen LogP contribution in [0.2, 0.25) is 0 Å². The van der Waals surface area contributed by atoms with Crippen LogP contribution in [0.3, 0.4) is 0 Å². The SMILES string of the molecule is C[C@H]1C[C@@H](N)CN(c2ncnc3[nH]ncc23)C1. The maximum Gasteiger partial charge on any atom is 0.160 e. The molecule has 6 nitrogen and oxygen atoms in total. The van der Waals surface area contributed by atoms with Crippen molar-refractivity contribution < 1.29 is 0 Å². The van der Waals surface area contributed by atoms with E-state index in [9.17, 15) is 0 Å². The van der Waals surface area contributed by atoms with E-state index in [4.69, 9.17) is 5.73 Å². The molecule has 1 aliphatic heterocycles. The Morgan fingerprint density at radius 2 is 2.29 bits per heavy atom. The van der Waals surface area contributed by atoms with Crippen LogP contribution in [0.15, 0.2) is 12.5 Å². The zero-order chi connectivity index (χ0) is 11.8. The van der Waals surface area contributed by atoms with Gasteiger partial charge in [-0.15, -0.1) is 0 Å². The van der Waals surface area contributed by atoms with Gasteiger partial charge >= 0.3 is 0 Å². The number of nitrogens with two attached hydrogens (primary N) is 1. The number of aromatic amines is 1. The molecule has 0 unspecified atom stereocenters. The largest absolute Gasteiger partial charge is 0.354 e. The van der Waals surface area contributed by atoms with Gasteiger partial charge in [0.05, 0.1) is 11.6 Å². The summed E-state index contributed by atoms with van der Waals surface area (Å²) in [6.45, 7) is 4.06. The van der Waals surface area contributed by atoms with Crippen molar-refractivity contribution in [3.05, 3.63) is 12.5 Å². The van der Waals surface area contributed by atoms with E-state index in [0.717, 1.165) is 36.4 Å². The molecule has 2 atom stereocenters. The van der Waals surface area contributed by atoms with E-state index < -0.39 is 0 Å². The summed E-state index contributed by atoms with van der Waals surface area (Å²) in [6, 6.07) is 0.218. The lowest BCUT2D eigenvalue weighted by molar-refractivity contribution is 0.400. The molecule has 0 bridgehead atoms. The minimum Gasteiger partial charge on any atom is -0.354 e. The quantitative estimate of drug-likeness (QED) is 0.749. The molecule has 3 N–H and O–H groups in total. The molecule has 3 rings (SSSR count). The van der Waals surface area contributed by atoms with Gasteiger partial charge in [-0.1, -0.05) is 6.92 Å². The number of rotatable bonds is 1. The Balaban J connectivity index is 2.00. The number of H-pyrrole nitrogens is 1. The van der Waals surface area contributed by atoms with Crippen LogP contribution in [0.1, 0.15) is 13.3 Å². The molecule has 0 aromatic carbocycles. The summed E-state index contributed by atoms with van der Waals surface area (Å²) in [5.74, 6) is 1.53. The molecular weight excluding hydrogens is 216 g/mol. The minimum atomic E-state index is 0.218. The van der Waals surface area contributed by atoms with Crippen molar-refractivity contribution in [2.24, 2.45) is 11.7 Å². The third-order valence-corrected chi connectivity index (χ3v) is 3.22. The van der Waals surface area contributed by atoms with Crippen molar-refractivity contribution in [3.63, 3.8) is 0 Å². The molecule has 17 heavy (non-hydrogen) atoms. The second-order valence-electron chi connectivity index (χ2n) is 4.84. The zero-order valence-electron chi connectivity index (χ0n) is 9.80. The van der Waals surface area contributed by atoms with Crippen molar-refractivity contribution in [3.8, 4) is 0 Å². The van der Waals surface area contributed by atoms with Crippen LogP contribution in [0.25, 0.3) is 11.0 Å². The molecule has 1 fully saturated rings. The fourth-order valence-corrected chi connectivity index (χ4v) is 2.58. The normalized spacial score (nSPS) is 25.4. The highest BCUT2D eigenvalue weighted by Crippen LogP contribution is 2.25. The third-order valence-electron chi connectivity index (χ3n) is 3.22. The third kappa shape index (κ3) is 1.84. The minimum absolute atomic E-state index is 0.218. The Kier molecular flexibility index (Phi) is 2.44. The van der Waals surface area contributed by atoms with E-state index in [0.29, 0.717) is 5.92 Å². The molecule has 0 aliphatic carbocycles. The Morgan fingerprint density at radius 1 is 1.41 bits per heavy atom. The maximum atomic E-state index is 6.06. The first-order valence-corrected chi connectivity index (χ1v) is 5.88. The molecule has 1 saturated heterocycles. The van der Waals surface area contributed by atoms with Gasteiger partial charge in [0.2, 0.25) is 0 Å². The van der Waals surface area contributed by atoms with Crippen molar-refractivity contribution in [1.82, 2.24) is 20.2 Å². The Hall–Kier alpha value is -1.69. The Morgan fingerprint density at radius 3 is 3.12 bits per heavy atom. The van der Waals surface area contributed by atoms with E-state index in [2.05, 4.69) is 32.0 Å². The predicted octanol–water partition coefficient (Wildman–Crippen LogP) is 0.526. The highest BCUT2D eigenvalue weighted by Gasteiger charge is 2.24. The summed E-state index contributed by atoms with van der Waals surface area (Å²) in [7, 11) is 0. The number of aromatic nitrogens is 4. The van der Waals surface area contributed by atoms with E-state index in [-0.39, 0.29) is 6.04 Å². The highest BCUT2D eigenvalue weighted by molar-refractivity contribution is 5.86. The van der Waals surface area contributed by atoms with Gasteiger partial charge in [-0.3, -0.25) is 5.10 Å². The number of anilines is 1. The van der Waals surface area contributed by atoms with Crippen LogP contribution in [-0.2, 0) is 0 Å². The van der Waals surface area contributed by atoms with E-state index in [1.54, 1.807) is 12.5 Å². The van der Waals surface area contributed by atoms with Crippen molar-refractivity contribution in [2.45, 2.75) is 19.4 Å². The fourth-order valence-electron chi connectivity index (χ4n) is 2.58. The van der Waals surface area contributed by atoms with E-state index in [1.807, 2.05) is 0 Å². The molecule has 1 aliphatic rings. The lowest BCUT2D eigenvalue weighted by atomic mass is 9.96. The molecule has 3 heterocycles. The van der Waals surface area contributed by atoms with Crippen LogP contribution >= 0.6 is 0 Å². The molecule has 0 amide bonds. The number of hydrogen-bond acceptors (Lipinski definition) is 5. The van der Waals surface area contributed by atoms with E-state index in [1.165, 1.54) is 0 Å². The maximum absolute atomic E-state index is 6.06. The Labute approximate surface area is 99.2 Å². The lowest BCUT2D eigenvalue weighted by Crippen LogP contribution is -2.46. The molecule has 2 aromatic heterocycles. The van der Waals surface area contributed by atoms with Crippen LogP contribution in [0.5, 0.6) is 0 Å². The first kappa shape index (κ1) is 10.5. The van der Waals surface area contributed by atoms with Crippen LogP contribution in [0.4, 0.5) is 5.82 Å². The standard InChI is InChI=1S/C11H16N6/c1-7-2-8(12)5-17(4-7)11-9-3-15-16-10(9)13-6-14-11/h3,6-8H,2,4-5,12H2,1H3,(H,13,14,15,16)/t7-,8+/m0/s1. The van der Waals surface area contributed by atoms with Crippen molar-refractivity contribution >= 4 is 16.9 Å². The van der Waals surface area contributed by atoms with Crippen LogP contribution < -0.4 is 10.6 Å². The molecule has 0 radical (unpaired) electrons. The molecule has 0 spiro atoms. The van der Waals surface area contributed by atoms with Crippen LogP contribution in [-0.4, -0.2) is 39.3 Å². The zero-order valence-corrected chi connectivity index (χ0v) is 9.80. The van der Waals surface area contributed by atoms with Gasteiger partial charge in [-0.05, 0) is 12.3 Å². The summed E-state index contributed by atoms with van der Waals surface area (Å²) in [5, 5.41) is 7.84. The average molecular weight is 232 g/mol. The topological polar surface area (TPSA) is 83.7 Å². The summed E-state index contributed by atoms with van der Waals surface area (Å²) in [5.41, 5.74) is 6.84. The summed E-state index contributed by atoms with van der Waals surface area (Å²) in [6.07, 6.45) is 4.42. The van der Waals surface area contributed by atoms with Gasteiger partial charge in [0, 0.05) is 19.1 Å². The molecule has 2 aromatic rings. The fraction of sp³-hybridized carbons (Fsp3) is 0.545. The summed E-state index contributed by atoms with van der Waals surface area (Å²) >= 11 is 0. The van der Waals surface area contributed by atoms with Gasteiger partial charge in [0.1, 0.15) is 12.1 Å². The van der Waals surface area contributed by atoms with Gasteiger partial charge in [-0.2, -0.15) is 5.10 Å². The molecule has 90 valence electrons. The first-order valence-electron chi connectivity index (χ1n) is 5.88. The van der Waals surface area contributed by atoms with Crippen LogP contribution in [0, 0.1) is 5.92 Å². The second kappa shape index (κ2) is 3.96. The number of nitrogens with one attached hydrogen (secondary N) is 1. The van der Waals surface area contributed by atoms with Gasteiger partial charge < -0.3 is 10.6 Å². The number of piperidine rings is 1. The Bertz CT molecular complexity index is 511. The number of hydrogen-bond donors (Lipinski definition) is 2. The van der Waals surface area contributed by atoms with Crippen molar-refractivity contribution in [2.75, 3.05) is 18.0 Å². The predicted molar refractivity (Wildman–Crippen MR) is 65.7 cm³/mol. The molecule has 0 saturated carbocycles. The smallest absolute Gasteiger partial charge is 0.160 e. The highest BCUT2D eigenvalue weighted by atomic mass is 15.2. The molecular formula is C11H16N6. The lowest BCUT2D eigenvalue weighted by Gasteiger charge is -2.35. The monoisotopic (exact) mass is 232 g/mol. The number of fused-ring (bicyclic) bond motifs is 1. The summed E-state index contributed by atoms with van der Waals surface area (Å²) in [4.78, 5) is 10.8.